The van der Waals surface area contributed by atoms with Crippen LogP contribution in [0.1, 0.15) is 18.0 Å². The maximum absolute atomic E-state index is 12.1. The van der Waals surface area contributed by atoms with Crippen LogP contribution in [0, 0.1) is 0 Å². The summed E-state index contributed by atoms with van der Waals surface area (Å²) >= 11 is 0. The van der Waals surface area contributed by atoms with Crippen molar-refractivity contribution in [3.05, 3.63) is 42.1 Å². The average Bonchev–Trinajstić information content (AvgIpc) is 3.32. The number of nitrogens with zero attached hydrogens (tertiary/aromatic N) is 4. The Hall–Kier alpha value is -2.77. The molecule has 7 nitrogen and oxygen atoms in total. The molecular formula is C20H23N5O2. The van der Waals surface area contributed by atoms with Crippen molar-refractivity contribution in [2.24, 2.45) is 0 Å². The summed E-state index contributed by atoms with van der Waals surface area (Å²) in [6.45, 7) is 1.73. The van der Waals surface area contributed by atoms with Crippen molar-refractivity contribution < 1.29 is 9.90 Å². The first-order chi connectivity index (χ1) is 13.1. The lowest BCUT2D eigenvalue weighted by atomic mass is 10.0. The lowest BCUT2D eigenvalue weighted by Gasteiger charge is -2.25. The van der Waals surface area contributed by atoms with E-state index in [-0.39, 0.29) is 11.8 Å². The van der Waals surface area contributed by atoms with Crippen LogP contribution >= 0.6 is 0 Å². The van der Waals surface area contributed by atoms with Crippen LogP contribution in [0.5, 0.6) is 5.75 Å². The fourth-order valence-corrected chi connectivity index (χ4v) is 3.78. The predicted octanol–water partition coefficient (Wildman–Crippen LogP) is 2.21. The zero-order chi connectivity index (χ0) is 19.0. The van der Waals surface area contributed by atoms with E-state index in [1.807, 2.05) is 18.2 Å². The summed E-state index contributed by atoms with van der Waals surface area (Å²) in [7, 11) is 4.15. The molecule has 4 rings (SSSR count). The standard InChI is InChI=1S/C20H23N5O2/c1-24(2)14-7-8-25(11-14)19(12-26)16-9-18(13-3-5-15(27)6-4-13)22-20-17(16)10-21-23-20/h3-6,9-10,12,14,19,27H,7-8,11H2,1-2H3,(H,21,22,23). The van der Waals surface area contributed by atoms with Gasteiger partial charge in [-0.25, -0.2) is 4.98 Å². The van der Waals surface area contributed by atoms with Crippen LogP contribution in [-0.2, 0) is 4.79 Å². The van der Waals surface area contributed by atoms with E-state index in [0.717, 1.165) is 48.0 Å². The number of fused-ring (bicyclic) bond motifs is 1. The number of likely N-dealkylation sites (N-methyl/N-ethyl adjacent to an activating group) is 1. The van der Waals surface area contributed by atoms with Crippen molar-refractivity contribution in [2.75, 3.05) is 27.2 Å². The van der Waals surface area contributed by atoms with Crippen molar-refractivity contribution in [3.63, 3.8) is 0 Å². The third kappa shape index (κ3) is 3.31. The number of H-pyrrole nitrogens is 1. The number of carbonyl (C=O) groups excluding carboxylic acids is 1. The summed E-state index contributed by atoms with van der Waals surface area (Å²) < 4.78 is 0. The number of rotatable bonds is 5. The normalized spacial score (nSPS) is 19.0. The molecule has 0 aliphatic carbocycles. The number of phenolic OH excluding ortho intramolecular Hbond substituents is 1. The molecular weight excluding hydrogens is 342 g/mol. The molecule has 0 radical (unpaired) electrons. The van der Waals surface area contributed by atoms with Gasteiger partial charge in [-0.3, -0.25) is 10.00 Å². The molecule has 3 aromatic rings. The number of aromatic hydroxyl groups is 1. The number of benzene rings is 1. The molecule has 1 saturated heterocycles. The molecule has 0 spiro atoms. The Labute approximate surface area is 157 Å². The van der Waals surface area contributed by atoms with Gasteiger partial charge in [-0.2, -0.15) is 5.10 Å². The smallest absolute Gasteiger partial charge is 0.156 e. The summed E-state index contributed by atoms with van der Waals surface area (Å²) in [6, 6.07) is 8.97. The molecule has 140 valence electrons. The lowest BCUT2D eigenvalue weighted by molar-refractivity contribution is -0.112. The molecule has 1 aliphatic rings. The van der Waals surface area contributed by atoms with E-state index in [9.17, 15) is 9.90 Å². The summed E-state index contributed by atoms with van der Waals surface area (Å²) in [5.41, 5.74) is 3.19. The maximum Gasteiger partial charge on any atom is 0.156 e. The molecule has 2 N–H and O–H groups in total. The van der Waals surface area contributed by atoms with Crippen molar-refractivity contribution in [1.29, 1.82) is 0 Å². The summed E-state index contributed by atoms with van der Waals surface area (Å²) in [5.74, 6) is 0.208. The minimum atomic E-state index is -0.339. The molecule has 27 heavy (non-hydrogen) atoms. The minimum absolute atomic E-state index is 0.208. The maximum atomic E-state index is 12.1. The third-order valence-electron chi connectivity index (χ3n) is 5.38. The van der Waals surface area contributed by atoms with Crippen LogP contribution in [0.4, 0.5) is 0 Å². The van der Waals surface area contributed by atoms with Gasteiger partial charge < -0.3 is 14.8 Å². The number of pyridine rings is 1. The van der Waals surface area contributed by atoms with E-state index < -0.39 is 0 Å². The molecule has 0 bridgehead atoms. The second kappa shape index (κ2) is 7.09. The van der Waals surface area contributed by atoms with E-state index in [1.54, 1.807) is 18.3 Å². The van der Waals surface area contributed by atoms with Gasteiger partial charge in [0.25, 0.3) is 0 Å². The first kappa shape index (κ1) is 17.6. The SMILES string of the molecule is CN(C)C1CCN(C(C=O)c2cc(-c3ccc(O)cc3)nc3[nH]ncc23)C1. The molecule has 1 aromatic carbocycles. The molecule has 1 fully saturated rings. The fraction of sp³-hybridized carbons (Fsp3) is 0.350. The quantitative estimate of drug-likeness (QED) is 0.674. The van der Waals surface area contributed by atoms with Gasteiger partial charge in [0, 0.05) is 30.1 Å². The monoisotopic (exact) mass is 365 g/mol. The van der Waals surface area contributed by atoms with Crippen LogP contribution in [0.2, 0.25) is 0 Å². The predicted molar refractivity (Wildman–Crippen MR) is 103 cm³/mol. The zero-order valence-corrected chi connectivity index (χ0v) is 15.5. The van der Waals surface area contributed by atoms with Gasteiger partial charge in [0.15, 0.2) is 5.65 Å². The molecule has 3 heterocycles. The van der Waals surface area contributed by atoms with Gasteiger partial charge in [0.2, 0.25) is 0 Å². The van der Waals surface area contributed by atoms with Gasteiger partial charge >= 0.3 is 0 Å². The topological polar surface area (TPSA) is 85.4 Å². The highest BCUT2D eigenvalue weighted by molar-refractivity contribution is 5.85. The van der Waals surface area contributed by atoms with Crippen LogP contribution < -0.4 is 0 Å². The van der Waals surface area contributed by atoms with E-state index in [1.165, 1.54) is 0 Å². The Balaban J connectivity index is 1.76. The van der Waals surface area contributed by atoms with Gasteiger partial charge in [0.1, 0.15) is 12.0 Å². The lowest BCUT2D eigenvalue weighted by Crippen LogP contribution is -2.34. The fourth-order valence-electron chi connectivity index (χ4n) is 3.78. The Morgan fingerprint density at radius 3 is 2.78 bits per heavy atom. The molecule has 2 unspecified atom stereocenters. The molecule has 2 aromatic heterocycles. The van der Waals surface area contributed by atoms with Crippen molar-refractivity contribution in [1.82, 2.24) is 25.0 Å². The van der Waals surface area contributed by atoms with Crippen molar-refractivity contribution in [3.8, 4) is 17.0 Å². The van der Waals surface area contributed by atoms with Crippen LogP contribution in [-0.4, -0.2) is 69.6 Å². The highest BCUT2D eigenvalue weighted by Crippen LogP contribution is 2.32. The number of hydrogen-bond donors (Lipinski definition) is 2. The highest BCUT2D eigenvalue weighted by Gasteiger charge is 2.31. The number of aromatic amines is 1. The van der Waals surface area contributed by atoms with Gasteiger partial charge in [0.05, 0.1) is 17.9 Å². The summed E-state index contributed by atoms with van der Waals surface area (Å²) in [6.07, 6.45) is 3.79. The van der Waals surface area contributed by atoms with Crippen LogP contribution in [0.15, 0.2) is 36.5 Å². The van der Waals surface area contributed by atoms with E-state index in [0.29, 0.717) is 11.7 Å². The number of aldehydes is 1. The highest BCUT2D eigenvalue weighted by atomic mass is 16.3. The number of nitrogens with one attached hydrogen (secondary N) is 1. The minimum Gasteiger partial charge on any atom is -0.508 e. The second-order valence-electron chi connectivity index (χ2n) is 7.26. The number of phenols is 1. The molecule has 7 heteroatoms. The average molecular weight is 365 g/mol. The number of likely N-dealkylation sites (tertiary alicyclic amines) is 1. The van der Waals surface area contributed by atoms with Crippen LogP contribution in [0.3, 0.4) is 0 Å². The summed E-state index contributed by atoms with van der Waals surface area (Å²) in [4.78, 5) is 21.2. The van der Waals surface area contributed by atoms with Gasteiger partial charge in [-0.05, 0) is 56.4 Å². The van der Waals surface area contributed by atoms with Gasteiger partial charge in [-0.15, -0.1) is 0 Å². The molecule has 0 saturated carbocycles. The number of carbonyl (C=O) groups is 1. The molecule has 2 atom stereocenters. The van der Waals surface area contributed by atoms with Crippen LogP contribution in [0.25, 0.3) is 22.3 Å². The third-order valence-corrected chi connectivity index (χ3v) is 5.38. The number of aromatic nitrogens is 3. The number of hydrogen-bond acceptors (Lipinski definition) is 6. The first-order valence-corrected chi connectivity index (χ1v) is 9.06. The zero-order valence-electron chi connectivity index (χ0n) is 15.5. The Bertz CT molecular complexity index is 951. The molecule has 1 aliphatic heterocycles. The Morgan fingerprint density at radius 2 is 2.11 bits per heavy atom. The van der Waals surface area contributed by atoms with E-state index in [2.05, 4.69) is 39.1 Å². The summed E-state index contributed by atoms with van der Waals surface area (Å²) in [5, 5.41) is 17.5. The van der Waals surface area contributed by atoms with E-state index in [4.69, 9.17) is 0 Å². The van der Waals surface area contributed by atoms with E-state index >= 15 is 0 Å². The molecule has 0 amide bonds. The first-order valence-electron chi connectivity index (χ1n) is 9.06. The Kier molecular flexibility index (Phi) is 4.63. The van der Waals surface area contributed by atoms with Crippen molar-refractivity contribution >= 4 is 17.3 Å². The van der Waals surface area contributed by atoms with Crippen molar-refractivity contribution in [2.45, 2.75) is 18.5 Å². The largest absolute Gasteiger partial charge is 0.508 e. The second-order valence-corrected chi connectivity index (χ2v) is 7.26. The van der Waals surface area contributed by atoms with Gasteiger partial charge in [-0.1, -0.05) is 0 Å². The Morgan fingerprint density at radius 1 is 1.33 bits per heavy atom.